The average molecular weight is 119 g/mol. The highest BCUT2D eigenvalue weighted by Gasteiger charge is 2.07. The van der Waals surface area contributed by atoms with Crippen molar-refractivity contribution in [2.75, 3.05) is 0 Å². The molecule has 0 amide bonds. The summed E-state index contributed by atoms with van der Waals surface area (Å²) in [6.45, 7) is 1.95. The molecule has 0 bridgehead atoms. The molecule has 0 unspecified atom stereocenters. The van der Waals surface area contributed by atoms with Crippen molar-refractivity contribution in [3.05, 3.63) is 29.6 Å². The van der Waals surface area contributed by atoms with Crippen LogP contribution in [-0.2, 0) is 13.1 Å². The van der Waals surface area contributed by atoms with Gasteiger partial charge in [-0.3, -0.25) is 4.98 Å². The molecule has 0 saturated carbocycles. The van der Waals surface area contributed by atoms with Crippen molar-refractivity contribution in [3.8, 4) is 0 Å². The van der Waals surface area contributed by atoms with Crippen LogP contribution in [0.15, 0.2) is 12.3 Å². The Hall–Kier alpha value is -0.890. The van der Waals surface area contributed by atoms with Gasteiger partial charge in [-0.1, -0.05) is 0 Å². The number of aromatic nitrogens is 1. The lowest BCUT2D eigenvalue weighted by molar-refractivity contribution is 0.764. The first-order valence-corrected chi connectivity index (χ1v) is 3.01. The largest absolute Gasteiger partial charge is 0.309 e. The minimum atomic E-state index is 0.969. The van der Waals surface area contributed by atoms with E-state index in [2.05, 4.69) is 16.5 Å². The maximum Gasteiger partial charge on any atom is 0.0889 e. The van der Waals surface area contributed by atoms with E-state index in [0.29, 0.717) is 0 Å². The van der Waals surface area contributed by atoms with Crippen molar-refractivity contribution in [2.24, 2.45) is 0 Å². The fourth-order valence-corrected chi connectivity index (χ4v) is 1.06. The van der Waals surface area contributed by atoms with Crippen LogP contribution in [-0.4, -0.2) is 4.98 Å². The second-order valence-corrected chi connectivity index (χ2v) is 2.19. The second kappa shape index (κ2) is 1.81. The van der Waals surface area contributed by atoms with Gasteiger partial charge in [-0.25, -0.2) is 0 Å². The summed E-state index contributed by atoms with van der Waals surface area (Å²) < 4.78 is 0. The third-order valence-corrected chi connectivity index (χ3v) is 1.58. The Morgan fingerprint density at radius 2 is 2.33 bits per heavy atom. The van der Waals surface area contributed by atoms with Crippen LogP contribution in [0.25, 0.3) is 0 Å². The van der Waals surface area contributed by atoms with Gasteiger partial charge in [0.25, 0.3) is 0 Å². The van der Waals surface area contributed by atoms with Crippen molar-refractivity contribution in [1.29, 1.82) is 0 Å². The first-order valence-electron chi connectivity index (χ1n) is 3.01. The molecule has 45 valence electrons. The molecule has 1 aliphatic rings. The summed E-state index contributed by atoms with van der Waals surface area (Å²) in [5.74, 6) is 0. The van der Waals surface area contributed by atoms with E-state index in [0.717, 1.165) is 13.1 Å². The van der Waals surface area contributed by atoms with E-state index in [1.54, 1.807) is 0 Å². The zero-order valence-corrected chi connectivity index (χ0v) is 5.02. The summed E-state index contributed by atoms with van der Waals surface area (Å²) in [6.07, 6.45) is 4.67. The zero-order chi connectivity index (χ0) is 6.10. The van der Waals surface area contributed by atoms with Gasteiger partial charge in [-0.2, -0.15) is 0 Å². The Kier molecular flexibility index (Phi) is 0.993. The molecule has 0 spiro atoms. The highest BCUT2D eigenvalue weighted by molar-refractivity contribution is 5.25. The number of fused-ring (bicyclic) bond motifs is 1. The van der Waals surface area contributed by atoms with Crippen LogP contribution in [0, 0.1) is 6.20 Å². The van der Waals surface area contributed by atoms with Crippen LogP contribution in [0.3, 0.4) is 0 Å². The van der Waals surface area contributed by atoms with E-state index in [4.69, 9.17) is 0 Å². The SMILES string of the molecule is [c]1cc2c(cn1)CNC2. The fraction of sp³-hybridized carbons (Fsp3) is 0.286. The first kappa shape index (κ1) is 4.94. The van der Waals surface area contributed by atoms with Gasteiger partial charge >= 0.3 is 0 Å². The van der Waals surface area contributed by atoms with Crippen molar-refractivity contribution in [1.82, 2.24) is 10.3 Å². The lowest BCUT2D eigenvalue weighted by Crippen LogP contribution is -1.99. The summed E-state index contributed by atoms with van der Waals surface area (Å²) in [5.41, 5.74) is 2.65. The van der Waals surface area contributed by atoms with Gasteiger partial charge in [0.2, 0.25) is 0 Å². The number of pyridine rings is 1. The van der Waals surface area contributed by atoms with Gasteiger partial charge in [0.05, 0.1) is 6.20 Å². The highest BCUT2D eigenvalue weighted by atomic mass is 14.9. The molecular formula is C7H7N2. The van der Waals surface area contributed by atoms with Crippen LogP contribution in [0.4, 0.5) is 0 Å². The fourth-order valence-electron chi connectivity index (χ4n) is 1.06. The molecule has 1 aromatic rings. The van der Waals surface area contributed by atoms with E-state index >= 15 is 0 Å². The summed E-state index contributed by atoms with van der Waals surface area (Å²) in [6, 6.07) is 1.94. The van der Waals surface area contributed by atoms with E-state index < -0.39 is 0 Å². The minimum absolute atomic E-state index is 0.969. The Balaban J connectivity index is 2.54. The van der Waals surface area contributed by atoms with Crippen LogP contribution in [0.5, 0.6) is 0 Å². The summed E-state index contributed by atoms with van der Waals surface area (Å²) in [5, 5.41) is 3.23. The van der Waals surface area contributed by atoms with Crippen LogP contribution in [0.1, 0.15) is 11.1 Å². The molecule has 0 atom stereocenters. The molecule has 0 aromatic carbocycles. The summed E-state index contributed by atoms with van der Waals surface area (Å²) in [7, 11) is 0. The zero-order valence-electron chi connectivity index (χ0n) is 5.02. The third kappa shape index (κ3) is 0.715. The highest BCUT2D eigenvalue weighted by Crippen LogP contribution is 2.11. The molecule has 1 aromatic heterocycles. The molecule has 0 fully saturated rings. The topological polar surface area (TPSA) is 24.9 Å². The number of hydrogen-bond acceptors (Lipinski definition) is 2. The Labute approximate surface area is 53.9 Å². The maximum atomic E-state index is 3.89. The molecule has 2 heterocycles. The Morgan fingerprint density at radius 3 is 3.22 bits per heavy atom. The van der Waals surface area contributed by atoms with Crippen LogP contribution in [0.2, 0.25) is 0 Å². The van der Waals surface area contributed by atoms with Crippen LogP contribution < -0.4 is 5.32 Å². The van der Waals surface area contributed by atoms with E-state index in [-0.39, 0.29) is 0 Å². The minimum Gasteiger partial charge on any atom is -0.309 e. The molecule has 1 radical (unpaired) electrons. The van der Waals surface area contributed by atoms with Crippen molar-refractivity contribution in [3.63, 3.8) is 0 Å². The predicted octanol–water partition coefficient (Wildman–Crippen LogP) is 0.485. The number of nitrogens with one attached hydrogen (secondary N) is 1. The predicted molar refractivity (Wildman–Crippen MR) is 33.6 cm³/mol. The molecule has 2 nitrogen and oxygen atoms in total. The van der Waals surface area contributed by atoms with E-state index in [1.165, 1.54) is 11.1 Å². The average Bonchev–Trinajstić information content (AvgIpc) is 2.33. The second-order valence-electron chi connectivity index (χ2n) is 2.19. The maximum absolute atomic E-state index is 3.89. The Bertz CT molecular complexity index is 197. The Morgan fingerprint density at radius 1 is 1.44 bits per heavy atom. The molecule has 9 heavy (non-hydrogen) atoms. The van der Waals surface area contributed by atoms with Gasteiger partial charge in [0.1, 0.15) is 0 Å². The normalized spacial score (nSPS) is 15.6. The molecule has 1 N–H and O–H groups in total. The molecule has 2 heteroatoms. The monoisotopic (exact) mass is 119 g/mol. The molecule has 1 aliphatic heterocycles. The van der Waals surface area contributed by atoms with E-state index in [9.17, 15) is 0 Å². The van der Waals surface area contributed by atoms with Gasteiger partial charge in [-0.05, 0) is 17.2 Å². The smallest absolute Gasteiger partial charge is 0.0889 e. The lowest BCUT2D eigenvalue weighted by atomic mass is 10.2. The molecule has 2 rings (SSSR count). The summed E-state index contributed by atoms with van der Waals surface area (Å²) >= 11 is 0. The van der Waals surface area contributed by atoms with Crippen LogP contribution >= 0.6 is 0 Å². The number of hydrogen-bond donors (Lipinski definition) is 1. The third-order valence-electron chi connectivity index (χ3n) is 1.58. The quantitative estimate of drug-likeness (QED) is 0.537. The van der Waals surface area contributed by atoms with Crippen molar-refractivity contribution < 1.29 is 0 Å². The standard InChI is InChI=1S/C7H7N2/c1-2-8-4-7-5-9-3-6(1)7/h1,4,9H,3,5H2. The van der Waals surface area contributed by atoms with Gasteiger partial charge in [0.15, 0.2) is 0 Å². The van der Waals surface area contributed by atoms with Crippen molar-refractivity contribution in [2.45, 2.75) is 13.1 Å². The number of rotatable bonds is 0. The lowest BCUT2D eigenvalue weighted by Gasteiger charge is -1.90. The number of nitrogens with zero attached hydrogens (tertiary/aromatic N) is 1. The van der Waals surface area contributed by atoms with Crippen molar-refractivity contribution >= 4 is 0 Å². The summed E-state index contributed by atoms with van der Waals surface area (Å²) in [4.78, 5) is 3.89. The molecule has 0 saturated heterocycles. The van der Waals surface area contributed by atoms with Gasteiger partial charge < -0.3 is 5.32 Å². The first-order chi connectivity index (χ1) is 4.47. The van der Waals surface area contributed by atoms with E-state index in [1.807, 2.05) is 12.3 Å². The van der Waals surface area contributed by atoms with Gasteiger partial charge in [0, 0.05) is 19.3 Å². The molecule has 0 aliphatic carbocycles. The van der Waals surface area contributed by atoms with Gasteiger partial charge in [-0.15, -0.1) is 0 Å². The molecular weight excluding hydrogens is 112 g/mol.